The lowest BCUT2D eigenvalue weighted by molar-refractivity contribution is 0.109. The number of nitrogens with zero attached hydrogens (tertiary/aromatic N) is 4. The first kappa shape index (κ1) is 15.4. The van der Waals surface area contributed by atoms with Crippen LogP contribution >= 0.6 is 0 Å². The van der Waals surface area contributed by atoms with Gasteiger partial charge in [0.1, 0.15) is 5.82 Å². The van der Waals surface area contributed by atoms with Crippen LogP contribution in [0.4, 0.5) is 0 Å². The van der Waals surface area contributed by atoms with Gasteiger partial charge in [-0.2, -0.15) is 0 Å². The molecule has 1 N–H and O–H groups in total. The van der Waals surface area contributed by atoms with Gasteiger partial charge in [-0.15, -0.1) is 0 Å². The number of hydrogen-bond acceptors (Lipinski definition) is 5. The van der Waals surface area contributed by atoms with E-state index in [0.717, 1.165) is 44.2 Å². The van der Waals surface area contributed by atoms with Crippen molar-refractivity contribution < 1.29 is 0 Å². The zero-order chi connectivity index (χ0) is 14.5. The Balaban J connectivity index is 2.01. The topological polar surface area (TPSA) is 44.3 Å². The summed E-state index contributed by atoms with van der Waals surface area (Å²) in [6.45, 7) is 9.45. The third kappa shape index (κ3) is 4.23. The Labute approximate surface area is 122 Å². The van der Waals surface area contributed by atoms with Crippen molar-refractivity contribution in [2.75, 3.05) is 40.3 Å². The van der Waals surface area contributed by atoms with Crippen molar-refractivity contribution in [3.05, 3.63) is 23.8 Å². The number of aromatic nitrogens is 2. The Morgan fingerprint density at radius 2 is 2.15 bits per heavy atom. The fourth-order valence-electron chi connectivity index (χ4n) is 2.45. The maximum atomic E-state index is 4.74. The predicted molar refractivity (Wildman–Crippen MR) is 81.4 cm³/mol. The van der Waals surface area contributed by atoms with Crippen LogP contribution in [0.15, 0.2) is 12.3 Å². The maximum absolute atomic E-state index is 4.74. The van der Waals surface area contributed by atoms with Gasteiger partial charge in [-0.05, 0) is 32.6 Å². The number of likely N-dealkylation sites (N-methyl/N-ethyl adjacent to an activating group) is 2. The summed E-state index contributed by atoms with van der Waals surface area (Å²) < 4.78 is 0. The second kappa shape index (κ2) is 7.11. The second-order valence-corrected chi connectivity index (χ2v) is 6.19. The summed E-state index contributed by atoms with van der Waals surface area (Å²) in [5, 5.41) is 3.44. The van der Waals surface area contributed by atoms with Gasteiger partial charge in [0, 0.05) is 32.4 Å². The fourth-order valence-corrected chi connectivity index (χ4v) is 2.45. The van der Waals surface area contributed by atoms with Crippen LogP contribution < -0.4 is 5.32 Å². The van der Waals surface area contributed by atoms with E-state index in [2.05, 4.69) is 48.0 Å². The van der Waals surface area contributed by atoms with E-state index in [0.29, 0.717) is 12.0 Å². The molecule has 0 aromatic carbocycles. The monoisotopic (exact) mass is 277 g/mol. The Kier molecular flexibility index (Phi) is 5.46. The second-order valence-electron chi connectivity index (χ2n) is 6.19. The summed E-state index contributed by atoms with van der Waals surface area (Å²) in [6.07, 6.45) is 1.89. The van der Waals surface area contributed by atoms with Crippen LogP contribution in [0.25, 0.3) is 0 Å². The minimum atomic E-state index is 0.304. The molecule has 0 aliphatic carbocycles. The first-order chi connectivity index (χ1) is 9.56. The average molecular weight is 277 g/mol. The van der Waals surface area contributed by atoms with E-state index in [1.54, 1.807) is 0 Å². The van der Waals surface area contributed by atoms with Crippen molar-refractivity contribution in [1.29, 1.82) is 0 Å². The smallest absolute Gasteiger partial charge is 0.146 e. The molecule has 5 heteroatoms. The van der Waals surface area contributed by atoms with Gasteiger partial charge in [0.2, 0.25) is 0 Å². The normalized spacial score (nSPS) is 21.6. The quantitative estimate of drug-likeness (QED) is 0.874. The van der Waals surface area contributed by atoms with E-state index in [1.807, 2.05) is 12.3 Å². The summed E-state index contributed by atoms with van der Waals surface area (Å²) in [4.78, 5) is 13.9. The molecule has 1 aromatic rings. The number of hydrogen-bond donors (Lipinski definition) is 1. The molecule has 1 aliphatic rings. The molecule has 1 fully saturated rings. The van der Waals surface area contributed by atoms with Crippen LogP contribution in [-0.2, 0) is 6.54 Å². The first-order valence-corrected chi connectivity index (χ1v) is 7.47. The fraction of sp³-hybridized carbons (Fsp3) is 0.733. The molecule has 2 rings (SSSR count). The van der Waals surface area contributed by atoms with Crippen molar-refractivity contribution in [3.8, 4) is 0 Å². The van der Waals surface area contributed by atoms with Gasteiger partial charge in [-0.1, -0.05) is 13.8 Å². The van der Waals surface area contributed by atoms with Crippen molar-refractivity contribution in [1.82, 2.24) is 25.1 Å². The molecule has 0 radical (unpaired) electrons. The minimum absolute atomic E-state index is 0.304. The van der Waals surface area contributed by atoms with Gasteiger partial charge < -0.3 is 10.2 Å². The molecule has 0 amide bonds. The van der Waals surface area contributed by atoms with Gasteiger partial charge in [0.25, 0.3) is 0 Å². The van der Waals surface area contributed by atoms with Crippen LogP contribution in [0.3, 0.4) is 0 Å². The van der Waals surface area contributed by atoms with Gasteiger partial charge in [0.05, 0.1) is 11.7 Å². The van der Waals surface area contributed by atoms with Crippen LogP contribution in [-0.4, -0.2) is 60.0 Å². The van der Waals surface area contributed by atoms with Gasteiger partial charge >= 0.3 is 0 Å². The Bertz CT molecular complexity index is 420. The van der Waals surface area contributed by atoms with Gasteiger partial charge in [-0.25, -0.2) is 9.97 Å². The molecule has 1 atom stereocenters. The predicted octanol–water partition coefficient (Wildman–Crippen LogP) is 1.14. The van der Waals surface area contributed by atoms with E-state index >= 15 is 0 Å². The lowest BCUT2D eigenvalue weighted by atomic mass is 10.1. The van der Waals surface area contributed by atoms with Crippen LogP contribution in [0.5, 0.6) is 0 Å². The molecule has 112 valence electrons. The van der Waals surface area contributed by atoms with E-state index in [4.69, 9.17) is 4.98 Å². The minimum Gasteiger partial charge on any atom is -0.311 e. The average Bonchev–Trinajstić information content (AvgIpc) is 2.41. The summed E-state index contributed by atoms with van der Waals surface area (Å²) in [6, 6.07) is 2.31. The molecule has 2 heterocycles. The molecule has 1 saturated heterocycles. The van der Waals surface area contributed by atoms with Crippen molar-refractivity contribution in [2.24, 2.45) is 5.92 Å². The summed E-state index contributed by atoms with van der Waals surface area (Å²) in [5.74, 6) is 1.61. The van der Waals surface area contributed by atoms with E-state index in [9.17, 15) is 0 Å². The van der Waals surface area contributed by atoms with E-state index in [1.165, 1.54) is 0 Å². The highest BCUT2D eigenvalue weighted by atomic mass is 15.3. The highest BCUT2D eigenvalue weighted by Crippen LogP contribution is 2.20. The van der Waals surface area contributed by atoms with Gasteiger partial charge in [-0.3, -0.25) is 4.90 Å². The van der Waals surface area contributed by atoms with Crippen molar-refractivity contribution in [2.45, 2.75) is 26.4 Å². The maximum Gasteiger partial charge on any atom is 0.146 e. The van der Waals surface area contributed by atoms with E-state index in [-0.39, 0.29) is 0 Å². The Hall–Kier alpha value is -1.04. The zero-order valence-corrected chi connectivity index (χ0v) is 13.1. The molecule has 5 nitrogen and oxygen atoms in total. The Morgan fingerprint density at radius 3 is 2.90 bits per heavy atom. The molecule has 1 unspecified atom stereocenters. The van der Waals surface area contributed by atoms with Crippen molar-refractivity contribution >= 4 is 0 Å². The molecule has 1 aliphatic heterocycles. The number of rotatable bonds is 5. The SMILES string of the molecule is CC(C)CNCc1ccnc(C2CN(C)CCN2C)n1. The Morgan fingerprint density at radius 1 is 1.35 bits per heavy atom. The molecule has 0 bridgehead atoms. The lowest BCUT2D eigenvalue weighted by Gasteiger charge is -2.36. The third-order valence-electron chi connectivity index (χ3n) is 3.74. The highest BCUT2D eigenvalue weighted by Gasteiger charge is 2.25. The van der Waals surface area contributed by atoms with Gasteiger partial charge in [0.15, 0.2) is 0 Å². The molecule has 20 heavy (non-hydrogen) atoms. The van der Waals surface area contributed by atoms with Crippen molar-refractivity contribution in [3.63, 3.8) is 0 Å². The summed E-state index contributed by atoms with van der Waals surface area (Å²) in [7, 11) is 4.32. The third-order valence-corrected chi connectivity index (χ3v) is 3.74. The molecule has 0 spiro atoms. The molecule has 0 saturated carbocycles. The summed E-state index contributed by atoms with van der Waals surface area (Å²) >= 11 is 0. The van der Waals surface area contributed by atoms with Crippen LogP contribution in [0, 0.1) is 5.92 Å². The lowest BCUT2D eigenvalue weighted by Crippen LogP contribution is -2.45. The molecule has 1 aromatic heterocycles. The number of nitrogens with one attached hydrogen (secondary N) is 1. The van der Waals surface area contributed by atoms with Crippen LogP contribution in [0.2, 0.25) is 0 Å². The molecular weight excluding hydrogens is 250 g/mol. The first-order valence-electron chi connectivity index (χ1n) is 7.47. The van der Waals surface area contributed by atoms with Crippen LogP contribution in [0.1, 0.15) is 31.4 Å². The van der Waals surface area contributed by atoms with E-state index < -0.39 is 0 Å². The number of piperazine rings is 1. The summed E-state index contributed by atoms with van der Waals surface area (Å²) in [5.41, 5.74) is 1.08. The zero-order valence-electron chi connectivity index (χ0n) is 13.1. The standard InChI is InChI=1S/C15H27N5/c1-12(2)9-16-10-13-5-6-17-15(18-13)14-11-19(3)7-8-20(14)4/h5-6,12,14,16H,7-11H2,1-4H3. The highest BCUT2D eigenvalue weighted by molar-refractivity contribution is 5.06. The molecular formula is C15H27N5. The largest absolute Gasteiger partial charge is 0.311 e.